The Morgan fingerprint density at radius 2 is 2.13 bits per heavy atom. The van der Waals surface area contributed by atoms with Gasteiger partial charge in [-0.1, -0.05) is 32.0 Å². The minimum atomic E-state index is -2.67. The largest absolute Gasteiger partial charge is 0.321 e. The first-order valence-electron chi connectivity index (χ1n) is 5.65. The Balaban J connectivity index is 2.27. The Hall–Kier alpha value is 0.890. The van der Waals surface area contributed by atoms with Gasteiger partial charge in [0.15, 0.2) is 0 Å². The second-order valence-corrected chi connectivity index (χ2v) is 9.34. The van der Waals surface area contributed by atoms with Crippen molar-refractivity contribution in [3.05, 3.63) is 0 Å². The zero-order chi connectivity index (χ0) is 11.3. The Kier molecular flexibility index (Phi) is 6.12. The first-order valence-corrected chi connectivity index (χ1v) is 9.54. The summed E-state index contributed by atoms with van der Waals surface area (Å²) in [7, 11) is 0. The second-order valence-electron chi connectivity index (χ2n) is 4.07. The molecule has 15 heavy (non-hydrogen) atoms. The fourth-order valence-corrected chi connectivity index (χ4v) is 5.54. The summed E-state index contributed by atoms with van der Waals surface area (Å²) in [6, 6.07) is 0. The zero-order valence-electron chi connectivity index (χ0n) is 9.52. The number of rotatable bonds is 6. The molecule has 0 amide bonds. The van der Waals surface area contributed by atoms with Gasteiger partial charge in [-0.05, 0) is 19.8 Å². The van der Waals surface area contributed by atoms with E-state index >= 15 is 0 Å². The summed E-state index contributed by atoms with van der Waals surface area (Å²) in [5.74, 6) is 0.908. The zero-order valence-corrected chi connectivity index (χ0v) is 12.1. The van der Waals surface area contributed by atoms with E-state index in [1.54, 1.807) is 0 Å². The van der Waals surface area contributed by atoms with Gasteiger partial charge in [0.05, 0.1) is 12.3 Å². The molecule has 1 rings (SSSR count). The van der Waals surface area contributed by atoms with E-state index in [0.29, 0.717) is 6.61 Å². The summed E-state index contributed by atoms with van der Waals surface area (Å²) in [5.41, 5.74) is 0.0615. The highest BCUT2D eigenvalue weighted by atomic mass is 32.7. The lowest BCUT2D eigenvalue weighted by Gasteiger charge is -2.20. The summed E-state index contributed by atoms with van der Waals surface area (Å²) >= 11 is 6.10. The molecule has 2 atom stereocenters. The van der Waals surface area contributed by atoms with Gasteiger partial charge in [0.1, 0.15) is 0 Å². The molecule has 1 fully saturated rings. The molecule has 1 aliphatic rings. The van der Waals surface area contributed by atoms with Crippen LogP contribution in [0.15, 0.2) is 0 Å². The molecule has 90 valence electrons. The van der Waals surface area contributed by atoms with E-state index in [4.69, 9.17) is 4.52 Å². The first kappa shape index (κ1) is 14.0. The average Bonchev–Trinajstić information content (AvgIpc) is 2.66. The van der Waals surface area contributed by atoms with Crippen LogP contribution in [0.2, 0.25) is 0 Å². The van der Waals surface area contributed by atoms with Gasteiger partial charge in [0.2, 0.25) is 0 Å². The third kappa shape index (κ3) is 4.72. The van der Waals surface area contributed by atoms with Crippen LogP contribution in [0.4, 0.5) is 0 Å². The summed E-state index contributed by atoms with van der Waals surface area (Å²) in [4.78, 5) is 0. The third-order valence-electron chi connectivity index (χ3n) is 2.75. The number of hydrogen-bond donors (Lipinski definition) is 1. The van der Waals surface area contributed by atoms with Crippen molar-refractivity contribution < 1.29 is 9.09 Å². The molecular formula is C10H21O2PS2. The Morgan fingerprint density at radius 3 is 2.67 bits per heavy atom. The molecule has 0 aromatic rings. The molecule has 5 heteroatoms. The molecule has 0 bridgehead atoms. The van der Waals surface area contributed by atoms with Gasteiger partial charge in [-0.2, -0.15) is 11.8 Å². The van der Waals surface area contributed by atoms with Crippen LogP contribution < -0.4 is 0 Å². The van der Waals surface area contributed by atoms with Gasteiger partial charge in [0.25, 0.3) is 6.57 Å². The third-order valence-corrected chi connectivity index (χ3v) is 8.08. The molecule has 0 heterocycles. The molecule has 1 unspecified atom stereocenters. The molecule has 1 saturated carbocycles. The van der Waals surface area contributed by atoms with Gasteiger partial charge in [-0.3, -0.25) is 4.57 Å². The van der Waals surface area contributed by atoms with Crippen LogP contribution in [-0.2, 0) is 9.09 Å². The van der Waals surface area contributed by atoms with Crippen LogP contribution in [0, 0.1) is 0 Å². The van der Waals surface area contributed by atoms with Crippen LogP contribution in [0.1, 0.15) is 39.5 Å². The highest BCUT2D eigenvalue weighted by Crippen LogP contribution is 2.57. The lowest BCUT2D eigenvalue weighted by molar-refractivity contribution is 0.342. The van der Waals surface area contributed by atoms with Crippen LogP contribution in [0.5, 0.6) is 0 Å². The number of thiol groups is 1. The molecule has 0 spiro atoms. The molecule has 1 aliphatic carbocycles. The van der Waals surface area contributed by atoms with Crippen LogP contribution in [-0.4, -0.2) is 23.3 Å². The van der Waals surface area contributed by atoms with Crippen molar-refractivity contribution in [1.29, 1.82) is 0 Å². The van der Waals surface area contributed by atoms with E-state index in [0.717, 1.165) is 11.0 Å². The minimum Gasteiger partial charge on any atom is -0.321 e. The van der Waals surface area contributed by atoms with Gasteiger partial charge >= 0.3 is 0 Å². The fraction of sp³-hybridized carbons (Fsp3) is 1.00. The fourth-order valence-electron chi connectivity index (χ4n) is 1.74. The Bertz CT molecular complexity index is 229. The predicted molar refractivity (Wildman–Crippen MR) is 72.4 cm³/mol. The van der Waals surface area contributed by atoms with E-state index in [9.17, 15) is 4.57 Å². The predicted octanol–water partition coefficient (Wildman–Crippen LogP) is 4.21. The lowest BCUT2D eigenvalue weighted by Crippen LogP contribution is -2.09. The number of hydrogen-bond acceptors (Lipinski definition) is 3. The average molecular weight is 268 g/mol. The summed E-state index contributed by atoms with van der Waals surface area (Å²) in [6.07, 6.45) is 5.36. The van der Waals surface area contributed by atoms with Gasteiger partial charge < -0.3 is 4.52 Å². The SMILES string of the molecule is CCOP(=O)(S)[C@H](C)CSC1CCCC1. The van der Waals surface area contributed by atoms with Gasteiger partial charge in [-0.15, -0.1) is 0 Å². The van der Waals surface area contributed by atoms with Crippen LogP contribution >= 0.6 is 30.6 Å². The maximum absolute atomic E-state index is 11.9. The van der Waals surface area contributed by atoms with E-state index in [-0.39, 0.29) is 5.66 Å². The summed E-state index contributed by atoms with van der Waals surface area (Å²) < 4.78 is 17.2. The monoisotopic (exact) mass is 268 g/mol. The molecule has 0 aromatic carbocycles. The molecular weight excluding hydrogens is 247 g/mol. The van der Waals surface area contributed by atoms with Crippen molar-refractivity contribution >= 4 is 30.6 Å². The number of thioether (sulfide) groups is 1. The maximum Gasteiger partial charge on any atom is 0.258 e. The van der Waals surface area contributed by atoms with Crippen molar-refractivity contribution in [3.8, 4) is 0 Å². The van der Waals surface area contributed by atoms with E-state index in [1.807, 2.05) is 25.6 Å². The van der Waals surface area contributed by atoms with E-state index < -0.39 is 6.57 Å². The quantitative estimate of drug-likeness (QED) is 0.577. The van der Waals surface area contributed by atoms with Crippen molar-refractivity contribution in [2.45, 2.75) is 50.4 Å². The lowest BCUT2D eigenvalue weighted by atomic mass is 10.4. The van der Waals surface area contributed by atoms with E-state index in [2.05, 4.69) is 12.2 Å². The molecule has 0 aromatic heterocycles. The van der Waals surface area contributed by atoms with Crippen molar-refractivity contribution in [3.63, 3.8) is 0 Å². The van der Waals surface area contributed by atoms with Crippen molar-refractivity contribution in [2.24, 2.45) is 0 Å². The van der Waals surface area contributed by atoms with Crippen molar-refractivity contribution in [2.75, 3.05) is 12.4 Å². The summed E-state index contributed by atoms with van der Waals surface area (Å²) in [6.45, 7) is 1.66. The van der Waals surface area contributed by atoms with Gasteiger partial charge in [-0.25, -0.2) is 0 Å². The second kappa shape index (κ2) is 6.58. The smallest absolute Gasteiger partial charge is 0.258 e. The molecule has 2 nitrogen and oxygen atoms in total. The molecule has 0 radical (unpaired) electrons. The highest BCUT2D eigenvalue weighted by Gasteiger charge is 2.27. The maximum atomic E-state index is 11.9. The normalized spacial score (nSPS) is 23.9. The first-order chi connectivity index (χ1) is 7.06. The summed E-state index contributed by atoms with van der Waals surface area (Å²) in [5, 5.41) is 0.780. The van der Waals surface area contributed by atoms with Crippen molar-refractivity contribution in [1.82, 2.24) is 0 Å². The highest BCUT2D eigenvalue weighted by molar-refractivity contribution is 8.46. The standard InChI is InChI=1S/C10H21O2PS2/c1-3-12-13(11,14)9(2)8-15-10-6-4-5-7-10/h9-10H,3-8H2,1-2H3,(H,11,14)/t9-,13?/m1/s1. The van der Waals surface area contributed by atoms with E-state index in [1.165, 1.54) is 25.7 Å². The van der Waals surface area contributed by atoms with Crippen LogP contribution in [0.3, 0.4) is 0 Å². The molecule has 0 saturated heterocycles. The molecule has 0 aliphatic heterocycles. The Labute approximate surface area is 103 Å². The molecule has 0 N–H and O–H groups in total. The van der Waals surface area contributed by atoms with Gasteiger partial charge in [0, 0.05) is 11.0 Å². The Morgan fingerprint density at radius 1 is 1.53 bits per heavy atom. The minimum absolute atomic E-state index is 0.0615. The van der Waals surface area contributed by atoms with Crippen LogP contribution in [0.25, 0.3) is 0 Å². The topological polar surface area (TPSA) is 26.3 Å².